The molecule has 1 atom stereocenters. The Morgan fingerprint density at radius 2 is 1.68 bits per heavy atom. The van der Waals surface area contributed by atoms with Crippen molar-refractivity contribution in [3.8, 4) is 0 Å². The second-order valence-electron chi connectivity index (χ2n) is 7.71. The molecule has 25 heavy (non-hydrogen) atoms. The standard InChI is InChI=1S/C20H32N2O3/c1-22(2,3)16-18(15-20(24)25)21-19(23)14-10-5-4-7-11-17-12-8-6-9-13-17/h6,8-9,12-13,18H,4-5,7,10-11,14-16H2,1-3H3,(H-,21,23,24,25). The van der Waals surface area contributed by atoms with Crippen LogP contribution in [0, 0.1) is 0 Å². The first-order valence-corrected chi connectivity index (χ1v) is 9.10. The second kappa shape index (κ2) is 10.9. The highest BCUT2D eigenvalue weighted by molar-refractivity contribution is 5.77. The van der Waals surface area contributed by atoms with Gasteiger partial charge in [0.15, 0.2) is 0 Å². The van der Waals surface area contributed by atoms with Crippen molar-refractivity contribution in [3.05, 3.63) is 35.9 Å². The average Bonchev–Trinajstić information content (AvgIpc) is 2.49. The molecule has 1 aromatic carbocycles. The van der Waals surface area contributed by atoms with E-state index in [2.05, 4.69) is 29.6 Å². The van der Waals surface area contributed by atoms with Gasteiger partial charge in [-0.25, -0.2) is 0 Å². The van der Waals surface area contributed by atoms with Gasteiger partial charge in [0, 0.05) is 18.8 Å². The van der Waals surface area contributed by atoms with E-state index in [1.165, 1.54) is 5.56 Å². The summed E-state index contributed by atoms with van der Waals surface area (Å²) >= 11 is 0. The summed E-state index contributed by atoms with van der Waals surface area (Å²) < 4.78 is 0.595. The predicted molar refractivity (Wildman–Crippen MR) is 97.7 cm³/mol. The minimum atomic E-state index is -1.13. The number of nitrogens with one attached hydrogen (secondary N) is 1. The van der Waals surface area contributed by atoms with Crippen molar-refractivity contribution in [2.75, 3.05) is 27.7 Å². The Bertz CT molecular complexity index is 523. The molecule has 0 saturated carbocycles. The Hall–Kier alpha value is -1.88. The zero-order valence-corrected chi connectivity index (χ0v) is 15.8. The maximum Gasteiger partial charge on any atom is 0.220 e. The molecule has 1 N–H and O–H groups in total. The van der Waals surface area contributed by atoms with E-state index in [0.29, 0.717) is 17.4 Å². The minimum absolute atomic E-state index is 0.0669. The third-order valence-electron chi connectivity index (χ3n) is 4.01. The van der Waals surface area contributed by atoms with Crippen molar-refractivity contribution in [2.24, 2.45) is 0 Å². The summed E-state index contributed by atoms with van der Waals surface area (Å²) in [5.41, 5.74) is 1.35. The van der Waals surface area contributed by atoms with Crippen molar-refractivity contribution >= 4 is 11.9 Å². The van der Waals surface area contributed by atoms with Gasteiger partial charge in [0.05, 0.1) is 33.7 Å². The first-order valence-electron chi connectivity index (χ1n) is 9.10. The zero-order chi connectivity index (χ0) is 18.7. The highest BCUT2D eigenvalue weighted by atomic mass is 16.4. The quantitative estimate of drug-likeness (QED) is 0.460. The van der Waals surface area contributed by atoms with Gasteiger partial charge in [0.2, 0.25) is 5.91 Å². The van der Waals surface area contributed by atoms with Crippen LogP contribution in [0.2, 0.25) is 0 Å². The Balaban J connectivity index is 2.20. The topological polar surface area (TPSA) is 69.2 Å². The highest BCUT2D eigenvalue weighted by Gasteiger charge is 2.20. The molecule has 0 aliphatic carbocycles. The molecular formula is C20H32N2O3. The molecule has 0 heterocycles. The van der Waals surface area contributed by atoms with E-state index in [4.69, 9.17) is 0 Å². The number of amides is 1. The maximum absolute atomic E-state index is 12.0. The van der Waals surface area contributed by atoms with Crippen LogP contribution in [0.4, 0.5) is 0 Å². The SMILES string of the molecule is C[N+](C)(C)CC(CC(=O)[O-])NC(=O)CCCCCCc1ccccc1. The zero-order valence-electron chi connectivity index (χ0n) is 15.8. The highest BCUT2D eigenvalue weighted by Crippen LogP contribution is 2.09. The second-order valence-corrected chi connectivity index (χ2v) is 7.71. The van der Waals surface area contributed by atoms with Crippen LogP contribution in [-0.4, -0.2) is 50.1 Å². The number of hydrogen-bond donors (Lipinski definition) is 1. The number of likely N-dealkylation sites (N-methyl/N-ethyl adjacent to an activating group) is 1. The molecule has 1 rings (SSSR count). The van der Waals surface area contributed by atoms with Crippen LogP contribution in [0.1, 0.15) is 44.1 Å². The smallest absolute Gasteiger partial charge is 0.220 e. The van der Waals surface area contributed by atoms with Crippen molar-refractivity contribution in [1.82, 2.24) is 5.32 Å². The van der Waals surface area contributed by atoms with Crippen LogP contribution in [0.25, 0.3) is 0 Å². The number of aliphatic carboxylic acids is 1. The fourth-order valence-electron chi connectivity index (χ4n) is 2.94. The summed E-state index contributed by atoms with van der Waals surface area (Å²) in [5, 5.41) is 13.7. The molecule has 0 spiro atoms. The van der Waals surface area contributed by atoms with Gasteiger partial charge in [0.1, 0.15) is 0 Å². The lowest BCUT2D eigenvalue weighted by molar-refractivity contribution is -0.871. The third kappa shape index (κ3) is 11.3. The number of benzene rings is 1. The molecule has 0 fully saturated rings. The number of carboxylic acid groups (broad SMARTS) is 1. The molecular weight excluding hydrogens is 316 g/mol. The van der Waals surface area contributed by atoms with Crippen LogP contribution in [0.15, 0.2) is 30.3 Å². The van der Waals surface area contributed by atoms with E-state index in [1.54, 1.807) is 0 Å². The minimum Gasteiger partial charge on any atom is -0.550 e. The maximum atomic E-state index is 12.0. The monoisotopic (exact) mass is 348 g/mol. The van der Waals surface area contributed by atoms with Crippen molar-refractivity contribution in [3.63, 3.8) is 0 Å². The van der Waals surface area contributed by atoms with Crippen LogP contribution in [0.3, 0.4) is 0 Å². The molecule has 0 radical (unpaired) electrons. The summed E-state index contributed by atoms with van der Waals surface area (Å²) in [6.07, 6.45) is 5.46. The third-order valence-corrected chi connectivity index (χ3v) is 4.01. The van der Waals surface area contributed by atoms with Gasteiger partial charge in [0.25, 0.3) is 0 Å². The van der Waals surface area contributed by atoms with Gasteiger partial charge in [-0.2, -0.15) is 0 Å². The van der Waals surface area contributed by atoms with Crippen LogP contribution < -0.4 is 10.4 Å². The largest absolute Gasteiger partial charge is 0.550 e. The van der Waals surface area contributed by atoms with Gasteiger partial charge in [-0.15, -0.1) is 0 Å². The Morgan fingerprint density at radius 3 is 2.28 bits per heavy atom. The molecule has 0 aliphatic heterocycles. The van der Waals surface area contributed by atoms with Gasteiger partial charge in [-0.3, -0.25) is 4.79 Å². The number of aryl methyl sites for hydroxylation is 1. The number of quaternary nitrogens is 1. The van der Waals surface area contributed by atoms with E-state index >= 15 is 0 Å². The number of carboxylic acids is 1. The molecule has 140 valence electrons. The van der Waals surface area contributed by atoms with Crippen molar-refractivity contribution < 1.29 is 19.2 Å². The van der Waals surface area contributed by atoms with Crippen LogP contribution >= 0.6 is 0 Å². The number of unbranched alkanes of at least 4 members (excludes halogenated alkanes) is 3. The first-order chi connectivity index (χ1) is 11.8. The summed E-state index contributed by atoms with van der Waals surface area (Å²) in [5.74, 6) is -1.19. The molecule has 1 aromatic rings. The fourth-order valence-corrected chi connectivity index (χ4v) is 2.94. The van der Waals surface area contributed by atoms with Crippen LogP contribution in [-0.2, 0) is 16.0 Å². The molecule has 0 bridgehead atoms. The van der Waals surface area contributed by atoms with E-state index in [-0.39, 0.29) is 18.4 Å². The summed E-state index contributed by atoms with van der Waals surface area (Å²) in [7, 11) is 5.92. The first kappa shape index (κ1) is 21.2. The Morgan fingerprint density at radius 1 is 1.04 bits per heavy atom. The number of rotatable bonds is 12. The number of hydrogen-bond acceptors (Lipinski definition) is 3. The number of nitrogens with zero attached hydrogens (tertiary/aromatic N) is 1. The van der Waals surface area contributed by atoms with Gasteiger partial charge < -0.3 is 19.7 Å². The van der Waals surface area contributed by atoms with E-state index in [0.717, 1.165) is 32.1 Å². The van der Waals surface area contributed by atoms with Gasteiger partial charge in [-0.1, -0.05) is 43.2 Å². The lowest BCUT2D eigenvalue weighted by Gasteiger charge is -2.30. The predicted octanol–water partition coefficient (Wildman–Crippen LogP) is 1.51. The summed E-state index contributed by atoms with van der Waals surface area (Å²) in [6, 6.07) is 10.0. The molecule has 5 heteroatoms. The van der Waals surface area contributed by atoms with Crippen molar-refractivity contribution in [1.29, 1.82) is 0 Å². The lowest BCUT2D eigenvalue weighted by Crippen LogP contribution is -2.50. The summed E-state index contributed by atoms with van der Waals surface area (Å²) in [6.45, 7) is 0.566. The average molecular weight is 348 g/mol. The van der Waals surface area contributed by atoms with Crippen LogP contribution in [0.5, 0.6) is 0 Å². The lowest BCUT2D eigenvalue weighted by atomic mass is 10.1. The normalized spacial score (nSPS) is 12.6. The van der Waals surface area contributed by atoms with E-state index in [9.17, 15) is 14.7 Å². The van der Waals surface area contributed by atoms with Gasteiger partial charge >= 0.3 is 0 Å². The number of carbonyl (C=O) groups is 2. The van der Waals surface area contributed by atoms with Crippen molar-refractivity contribution in [2.45, 2.75) is 51.0 Å². The molecule has 0 aliphatic rings. The molecule has 5 nitrogen and oxygen atoms in total. The molecule has 0 aromatic heterocycles. The molecule has 0 saturated heterocycles. The van der Waals surface area contributed by atoms with Gasteiger partial charge in [-0.05, 0) is 24.8 Å². The number of carbonyl (C=O) groups excluding carboxylic acids is 2. The Labute approximate surface area is 151 Å². The summed E-state index contributed by atoms with van der Waals surface area (Å²) in [4.78, 5) is 22.9. The fraction of sp³-hybridized carbons (Fsp3) is 0.600. The Kier molecular flexibility index (Phi) is 9.21. The van der Waals surface area contributed by atoms with E-state index < -0.39 is 5.97 Å². The molecule has 1 amide bonds. The van der Waals surface area contributed by atoms with E-state index in [1.807, 2.05) is 27.2 Å². The molecule has 1 unspecified atom stereocenters.